The number of carbonyl (C=O) groups excluding carboxylic acids is 1. The van der Waals surface area contributed by atoms with Gasteiger partial charge in [0.25, 0.3) is 11.6 Å². The third-order valence-corrected chi connectivity index (χ3v) is 5.60. The first kappa shape index (κ1) is 22.3. The summed E-state index contributed by atoms with van der Waals surface area (Å²) >= 11 is 0. The van der Waals surface area contributed by atoms with Gasteiger partial charge in [-0.05, 0) is 49.4 Å². The van der Waals surface area contributed by atoms with Crippen LogP contribution in [-0.2, 0) is 6.18 Å². The third kappa shape index (κ3) is 4.52. The predicted molar refractivity (Wildman–Crippen MR) is 115 cm³/mol. The van der Waals surface area contributed by atoms with Crippen molar-refractivity contribution in [3.8, 4) is 5.69 Å². The fourth-order valence-corrected chi connectivity index (χ4v) is 3.83. The second kappa shape index (κ2) is 8.57. The molecular weight excluding hydrogens is 439 g/mol. The van der Waals surface area contributed by atoms with E-state index in [1.807, 2.05) is 13.0 Å². The molecule has 1 aromatic heterocycles. The number of nitro benzene ring substituents is 1. The molecule has 1 aliphatic rings. The number of amides is 1. The van der Waals surface area contributed by atoms with Crippen molar-refractivity contribution >= 4 is 17.3 Å². The Balaban J connectivity index is 1.45. The molecule has 172 valence electrons. The van der Waals surface area contributed by atoms with Gasteiger partial charge in [0.15, 0.2) is 0 Å². The number of carbonyl (C=O) groups is 1. The Morgan fingerprint density at radius 1 is 1.03 bits per heavy atom. The molecular formula is C22H20F3N5O3. The molecule has 0 saturated carbocycles. The Bertz CT molecular complexity index is 1180. The van der Waals surface area contributed by atoms with Crippen LogP contribution in [0.1, 0.15) is 21.6 Å². The normalized spacial score (nSPS) is 14.4. The van der Waals surface area contributed by atoms with Gasteiger partial charge in [-0.25, -0.2) is 4.68 Å². The molecule has 3 aromatic rings. The monoisotopic (exact) mass is 459 g/mol. The van der Waals surface area contributed by atoms with Crippen molar-refractivity contribution in [2.45, 2.75) is 13.1 Å². The van der Waals surface area contributed by atoms with E-state index in [-0.39, 0.29) is 37.8 Å². The van der Waals surface area contributed by atoms with Gasteiger partial charge in [0.2, 0.25) is 0 Å². The highest BCUT2D eigenvalue weighted by atomic mass is 19.4. The summed E-state index contributed by atoms with van der Waals surface area (Å²) in [4.78, 5) is 26.7. The van der Waals surface area contributed by atoms with Crippen molar-refractivity contribution in [1.82, 2.24) is 14.7 Å². The van der Waals surface area contributed by atoms with E-state index < -0.39 is 22.4 Å². The van der Waals surface area contributed by atoms with Gasteiger partial charge >= 0.3 is 6.18 Å². The maximum atomic E-state index is 12.9. The topological polar surface area (TPSA) is 84.5 Å². The van der Waals surface area contributed by atoms with E-state index in [1.165, 1.54) is 0 Å². The van der Waals surface area contributed by atoms with Crippen LogP contribution in [0.2, 0.25) is 0 Å². The minimum Gasteiger partial charge on any atom is -0.362 e. The molecule has 1 saturated heterocycles. The predicted octanol–water partition coefficient (Wildman–Crippen LogP) is 4.07. The summed E-state index contributed by atoms with van der Waals surface area (Å²) in [7, 11) is 0. The number of nitrogens with zero attached hydrogens (tertiary/aromatic N) is 5. The van der Waals surface area contributed by atoms with Crippen LogP contribution in [0.4, 0.5) is 24.5 Å². The van der Waals surface area contributed by atoms with E-state index in [0.29, 0.717) is 11.6 Å². The summed E-state index contributed by atoms with van der Waals surface area (Å²) in [5.74, 6) is -0.180. The molecule has 11 heteroatoms. The van der Waals surface area contributed by atoms with Gasteiger partial charge in [-0.3, -0.25) is 14.9 Å². The first-order valence-corrected chi connectivity index (χ1v) is 10.2. The fraction of sp³-hybridized carbons (Fsp3) is 0.273. The van der Waals surface area contributed by atoms with Crippen molar-refractivity contribution in [1.29, 1.82) is 0 Å². The first-order chi connectivity index (χ1) is 15.6. The maximum Gasteiger partial charge on any atom is 0.416 e. The summed E-state index contributed by atoms with van der Waals surface area (Å²) in [6.45, 7) is 3.03. The molecule has 8 nitrogen and oxygen atoms in total. The van der Waals surface area contributed by atoms with Crippen molar-refractivity contribution in [2.24, 2.45) is 0 Å². The molecule has 0 aliphatic carbocycles. The van der Waals surface area contributed by atoms with E-state index in [1.54, 1.807) is 44.9 Å². The summed E-state index contributed by atoms with van der Waals surface area (Å²) in [6.07, 6.45) is -2.98. The Morgan fingerprint density at radius 2 is 1.70 bits per heavy atom. The van der Waals surface area contributed by atoms with Gasteiger partial charge in [-0.2, -0.15) is 18.3 Å². The molecule has 0 radical (unpaired) electrons. The summed E-state index contributed by atoms with van der Waals surface area (Å²) in [5.41, 5.74) is 0.724. The largest absolute Gasteiger partial charge is 0.416 e. The van der Waals surface area contributed by atoms with Crippen LogP contribution in [0.5, 0.6) is 0 Å². The van der Waals surface area contributed by atoms with E-state index in [9.17, 15) is 28.1 Å². The van der Waals surface area contributed by atoms with Gasteiger partial charge in [-0.1, -0.05) is 0 Å². The molecule has 1 aliphatic heterocycles. The lowest BCUT2D eigenvalue weighted by Gasteiger charge is -2.36. The van der Waals surface area contributed by atoms with Gasteiger partial charge in [0, 0.05) is 49.7 Å². The summed E-state index contributed by atoms with van der Waals surface area (Å²) in [5, 5.41) is 15.6. The van der Waals surface area contributed by atoms with Crippen molar-refractivity contribution in [2.75, 3.05) is 31.1 Å². The van der Waals surface area contributed by atoms with E-state index in [4.69, 9.17) is 0 Å². The van der Waals surface area contributed by atoms with E-state index in [0.717, 1.165) is 23.5 Å². The Kier molecular flexibility index (Phi) is 5.79. The van der Waals surface area contributed by atoms with Crippen LogP contribution in [0.25, 0.3) is 5.69 Å². The van der Waals surface area contributed by atoms with Gasteiger partial charge in [0.05, 0.1) is 16.2 Å². The SMILES string of the molecule is Cc1ccnn1-c1ccc(C(=O)N2CCN(c3ccc(C(F)(F)F)cc3[N+](=O)[O-])CC2)cc1. The highest BCUT2D eigenvalue weighted by Gasteiger charge is 2.34. The number of hydrogen-bond acceptors (Lipinski definition) is 5. The van der Waals surface area contributed by atoms with Crippen molar-refractivity contribution in [3.63, 3.8) is 0 Å². The molecule has 0 atom stereocenters. The maximum absolute atomic E-state index is 12.9. The molecule has 0 N–H and O–H groups in total. The number of piperazine rings is 1. The lowest BCUT2D eigenvalue weighted by molar-refractivity contribution is -0.384. The van der Waals surface area contributed by atoms with Gasteiger partial charge < -0.3 is 9.80 Å². The number of alkyl halides is 3. The molecule has 33 heavy (non-hydrogen) atoms. The highest BCUT2D eigenvalue weighted by molar-refractivity contribution is 5.94. The number of halogens is 3. The molecule has 0 unspecified atom stereocenters. The summed E-state index contributed by atoms with van der Waals surface area (Å²) in [6, 6.07) is 11.4. The smallest absolute Gasteiger partial charge is 0.362 e. The molecule has 4 rings (SSSR count). The van der Waals surface area contributed by atoms with Crippen LogP contribution >= 0.6 is 0 Å². The second-order valence-electron chi connectivity index (χ2n) is 7.67. The zero-order chi connectivity index (χ0) is 23.8. The number of benzene rings is 2. The minimum atomic E-state index is -4.67. The van der Waals surface area contributed by atoms with Crippen LogP contribution in [0, 0.1) is 17.0 Å². The average molecular weight is 459 g/mol. The Morgan fingerprint density at radius 3 is 2.24 bits per heavy atom. The van der Waals surface area contributed by atoms with E-state index in [2.05, 4.69) is 5.10 Å². The van der Waals surface area contributed by atoms with Crippen molar-refractivity contribution in [3.05, 3.63) is 81.7 Å². The first-order valence-electron chi connectivity index (χ1n) is 10.2. The average Bonchev–Trinajstić information content (AvgIpc) is 3.23. The molecule has 0 bridgehead atoms. The summed E-state index contributed by atoms with van der Waals surface area (Å²) < 4.78 is 40.6. The van der Waals surface area contributed by atoms with Crippen molar-refractivity contribution < 1.29 is 22.9 Å². The number of rotatable bonds is 4. The molecule has 0 spiro atoms. The standard InChI is InChI=1S/C22H20F3N5O3/c1-15-8-9-26-29(15)18-5-2-16(3-6-18)21(31)28-12-10-27(11-13-28)19-7-4-17(22(23,24)25)14-20(19)30(32)33/h2-9,14H,10-13H2,1H3. The molecule has 1 amide bonds. The van der Waals surface area contributed by atoms with Crippen LogP contribution in [-0.4, -0.2) is 51.7 Å². The number of anilines is 1. The zero-order valence-corrected chi connectivity index (χ0v) is 17.6. The number of aromatic nitrogens is 2. The zero-order valence-electron chi connectivity index (χ0n) is 17.6. The number of aryl methyl sites for hydroxylation is 1. The van der Waals surface area contributed by atoms with Gasteiger partial charge in [0.1, 0.15) is 5.69 Å². The molecule has 2 aromatic carbocycles. The molecule has 1 fully saturated rings. The quantitative estimate of drug-likeness (QED) is 0.434. The van der Waals surface area contributed by atoms with Gasteiger partial charge in [-0.15, -0.1) is 0 Å². The second-order valence-corrected chi connectivity index (χ2v) is 7.67. The Hall–Kier alpha value is -3.89. The minimum absolute atomic E-state index is 0.110. The van der Waals surface area contributed by atoms with E-state index >= 15 is 0 Å². The lowest BCUT2D eigenvalue weighted by atomic mass is 10.1. The Labute approximate surface area is 187 Å². The lowest BCUT2D eigenvalue weighted by Crippen LogP contribution is -2.49. The van der Waals surface area contributed by atoms with Crippen LogP contribution in [0.3, 0.4) is 0 Å². The number of hydrogen-bond donors (Lipinski definition) is 0. The fourth-order valence-electron chi connectivity index (χ4n) is 3.83. The number of nitro groups is 1. The highest BCUT2D eigenvalue weighted by Crippen LogP contribution is 2.36. The third-order valence-electron chi connectivity index (χ3n) is 5.60. The van der Waals surface area contributed by atoms with Crippen LogP contribution in [0.15, 0.2) is 54.7 Å². The molecule has 2 heterocycles. The van der Waals surface area contributed by atoms with Crippen LogP contribution < -0.4 is 4.90 Å².